The summed E-state index contributed by atoms with van der Waals surface area (Å²) < 4.78 is 17.1. The molecule has 1 fully saturated rings. The van der Waals surface area contributed by atoms with Crippen molar-refractivity contribution in [3.63, 3.8) is 0 Å². The van der Waals surface area contributed by atoms with Crippen LogP contribution in [0.15, 0.2) is 0 Å². The summed E-state index contributed by atoms with van der Waals surface area (Å²) in [5, 5.41) is 0. The van der Waals surface area contributed by atoms with Gasteiger partial charge in [0.1, 0.15) is 12.9 Å². The number of hydrogen-bond acceptors (Lipinski definition) is 3. The van der Waals surface area contributed by atoms with Crippen LogP contribution in [0.2, 0.25) is 25.7 Å². The third-order valence-electron chi connectivity index (χ3n) is 4.09. The highest BCUT2D eigenvalue weighted by atomic mass is 28.3. The van der Waals surface area contributed by atoms with Crippen LogP contribution in [0.1, 0.15) is 26.7 Å². The summed E-state index contributed by atoms with van der Waals surface area (Å²) in [4.78, 5) is 0. The van der Waals surface area contributed by atoms with E-state index in [0.29, 0.717) is 25.2 Å². The Balaban J connectivity index is 2.14. The van der Waals surface area contributed by atoms with Gasteiger partial charge in [0.2, 0.25) is 0 Å². The van der Waals surface area contributed by atoms with E-state index in [0.717, 1.165) is 19.4 Å². The fourth-order valence-corrected chi connectivity index (χ4v) is 3.19. The zero-order valence-electron chi connectivity index (χ0n) is 14.4. The van der Waals surface area contributed by atoms with Gasteiger partial charge in [-0.1, -0.05) is 39.4 Å². The molecule has 0 bridgehead atoms. The second-order valence-corrected chi connectivity index (χ2v) is 13.1. The van der Waals surface area contributed by atoms with Crippen LogP contribution < -0.4 is 0 Å². The van der Waals surface area contributed by atoms with Gasteiger partial charge in [0.15, 0.2) is 0 Å². The first-order valence-electron chi connectivity index (χ1n) is 8.10. The Morgan fingerprint density at radius 3 is 2.62 bits per heavy atom. The van der Waals surface area contributed by atoms with Gasteiger partial charge in [0, 0.05) is 20.6 Å². The zero-order valence-corrected chi connectivity index (χ0v) is 15.4. The molecule has 0 radical (unpaired) electrons. The fraction of sp³-hybridized carbons (Fsp3) is 0.882. The molecule has 1 saturated heterocycles. The van der Waals surface area contributed by atoms with E-state index in [4.69, 9.17) is 20.6 Å². The first kappa shape index (κ1) is 18.7. The first-order chi connectivity index (χ1) is 9.83. The average Bonchev–Trinajstić information content (AvgIpc) is 2.41. The number of hydrogen-bond donors (Lipinski definition) is 0. The van der Waals surface area contributed by atoms with Crippen molar-refractivity contribution in [2.45, 2.75) is 64.6 Å². The lowest BCUT2D eigenvalue weighted by molar-refractivity contribution is -0.110. The second-order valence-electron chi connectivity index (χ2n) is 7.50. The summed E-state index contributed by atoms with van der Waals surface area (Å²) in [7, 11) is -1.00. The summed E-state index contributed by atoms with van der Waals surface area (Å²) in [5.74, 6) is 3.57. The van der Waals surface area contributed by atoms with E-state index in [1.807, 2.05) is 0 Å². The molecule has 0 amide bonds. The SMILES string of the molecule is C#C[C@@H]1O[C@@H]([C@@H](C)COCOCC[Si](C)(C)C)CC[C@@H]1C. The van der Waals surface area contributed by atoms with Crippen molar-refractivity contribution in [3.8, 4) is 12.3 Å². The molecule has 122 valence electrons. The van der Waals surface area contributed by atoms with Crippen molar-refractivity contribution < 1.29 is 14.2 Å². The smallest absolute Gasteiger partial charge is 0.146 e. The molecular formula is C17H32O3Si. The normalized spacial score (nSPS) is 28.1. The Labute approximate surface area is 131 Å². The minimum Gasteiger partial charge on any atom is -0.362 e. The molecular weight excluding hydrogens is 280 g/mol. The lowest BCUT2D eigenvalue weighted by Crippen LogP contribution is -2.37. The molecule has 3 nitrogen and oxygen atoms in total. The molecule has 0 unspecified atom stereocenters. The molecule has 0 N–H and O–H groups in total. The van der Waals surface area contributed by atoms with Gasteiger partial charge in [0.25, 0.3) is 0 Å². The molecule has 0 aromatic carbocycles. The van der Waals surface area contributed by atoms with Gasteiger partial charge in [-0.05, 0) is 24.8 Å². The van der Waals surface area contributed by atoms with Crippen molar-refractivity contribution in [2.24, 2.45) is 11.8 Å². The maximum absolute atomic E-state index is 5.98. The van der Waals surface area contributed by atoms with Crippen molar-refractivity contribution >= 4 is 8.07 Å². The van der Waals surface area contributed by atoms with Crippen LogP contribution in [0.25, 0.3) is 0 Å². The van der Waals surface area contributed by atoms with E-state index < -0.39 is 8.07 Å². The van der Waals surface area contributed by atoms with Crippen molar-refractivity contribution in [1.29, 1.82) is 0 Å². The highest BCUT2D eigenvalue weighted by Crippen LogP contribution is 2.28. The minimum absolute atomic E-state index is 0.0424. The molecule has 1 heterocycles. The summed E-state index contributed by atoms with van der Waals surface area (Å²) in [6.45, 7) is 13.2. The monoisotopic (exact) mass is 312 g/mol. The van der Waals surface area contributed by atoms with Crippen LogP contribution in [0.4, 0.5) is 0 Å². The Kier molecular flexibility index (Phi) is 7.97. The van der Waals surface area contributed by atoms with Crippen molar-refractivity contribution in [3.05, 3.63) is 0 Å². The van der Waals surface area contributed by atoms with E-state index >= 15 is 0 Å². The van der Waals surface area contributed by atoms with Crippen LogP contribution in [-0.2, 0) is 14.2 Å². The van der Waals surface area contributed by atoms with Crippen LogP contribution in [-0.4, -0.2) is 40.3 Å². The summed E-state index contributed by atoms with van der Waals surface area (Å²) in [6.07, 6.45) is 7.90. The van der Waals surface area contributed by atoms with Crippen LogP contribution >= 0.6 is 0 Å². The lowest BCUT2D eigenvalue weighted by Gasteiger charge is -2.35. The Morgan fingerprint density at radius 2 is 2.00 bits per heavy atom. The number of rotatable bonds is 8. The predicted octanol–water partition coefficient (Wildman–Crippen LogP) is 3.77. The Hall–Kier alpha value is -0.343. The molecule has 0 spiro atoms. The summed E-state index contributed by atoms with van der Waals surface area (Å²) >= 11 is 0. The molecule has 0 aromatic rings. The molecule has 0 aliphatic carbocycles. The third-order valence-corrected chi connectivity index (χ3v) is 5.79. The summed E-state index contributed by atoms with van der Waals surface area (Å²) in [5.41, 5.74) is 0. The minimum atomic E-state index is -1.00. The van der Waals surface area contributed by atoms with Crippen LogP contribution in [0, 0.1) is 24.2 Å². The zero-order chi connectivity index (χ0) is 15.9. The van der Waals surface area contributed by atoms with Gasteiger partial charge in [-0.15, -0.1) is 6.42 Å². The quantitative estimate of drug-likeness (QED) is 0.295. The van der Waals surface area contributed by atoms with Crippen molar-refractivity contribution in [2.75, 3.05) is 20.0 Å². The summed E-state index contributed by atoms with van der Waals surface area (Å²) in [6, 6.07) is 1.18. The van der Waals surface area contributed by atoms with Gasteiger partial charge >= 0.3 is 0 Å². The maximum Gasteiger partial charge on any atom is 0.146 e. The number of ether oxygens (including phenoxy) is 3. The molecule has 1 rings (SSSR count). The van der Waals surface area contributed by atoms with Crippen molar-refractivity contribution in [1.82, 2.24) is 0 Å². The van der Waals surface area contributed by atoms with Crippen LogP contribution in [0.3, 0.4) is 0 Å². The molecule has 0 saturated carbocycles. The predicted molar refractivity (Wildman–Crippen MR) is 90.0 cm³/mol. The Morgan fingerprint density at radius 1 is 1.29 bits per heavy atom. The largest absolute Gasteiger partial charge is 0.362 e. The Bertz CT molecular complexity index is 332. The standard InChI is InChI=1S/C17H32O3Si/c1-7-16-14(2)8-9-17(20-16)15(3)12-19-13-18-10-11-21(4,5)6/h1,14-17H,8-13H2,2-6H3/t14-,15-,16-,17+/m0/s1. The second kappa shape index (κ2) is 8.95. The van der Waals surface area contributed by atoms with E-state index in [1.165, 1.54) is 6.04 Å². The van der Waals surface area contributed by atoms with E-state index in [9.17, 15) is 0 Å². The molecule has 4 heteroatoms. The van der Waals surface area contributed by atoms with Crippen LogP contribution in [0.5, 0.6) is 0 Å². The van der Waals surface area contributed by atoms with Gasteiger partial charge < -0.3 is 14.2 Å². The highest BCUT2D eigenvalue weighted by Gasteiger charge is 2.30. The topological polar surface area (TPSA) is 27.7 Å². The van der Waals surface area contributed by atoms with Gasteiger partial charge in [0.05, 0.1) is 12.7 Å². The lowest BCUT2D eigenvalue weighted by atomic mass is 9.89. The van der Waals surface area contributed by atoms with E-state index in [1.54, 1.807) is 0 Å². The van der Waals surface area contributed by atoms with Gasteiger partial charge in [-0.25, -0.2) is 0 Å². The molecule has 21 heavy (non-hydrogen) atoms. The number of terminal acetylenes is 1. The highest BCUT2D eigenvalue weighted by molar-refractivity contribution is 6.76. The third kappa shape index (κ3) is 7.46. The van der Waals surface area contributed by atoms with Gasteiger partial charge in [-0.3, -0.25) is 0 Å². The van der Waals surface area contributed by atoms with E-state index in [-0.39, 0.29) is 12.2 Å². The maximum atomic E-state index is 5.98. The van der Waals surface area contributed by atoms with E-state index in [2.05, 4.69) is 39.4 Å². The molecule has 1 aliphatic heterocycles. The molecule has 4 atom stereocenters. The molecule has 1 aliphatic rings. The fourth-order valence-electron chi connectivity index (χ4n) is 2.43. The first-order valence-corrected chi connectivity index (χ1v) is 11.8. The average molecular weight is 313 g/mol. The molecule has 0 aromatic heterocycles. The van der Waals surface area contributed by atoms with Gasteiger partial charge in [-0.2, -0.15) is 0 Å².